The third-order valence-corrected chi connectivity index (χ3v) is 1.44. The van der Waals surface area contributed by atoms with Crippen LogP contribution in [0.3, 0.4) is 0 Å². The first-order valence-electron chi connectivity index (χ1n) is 2.97. The minimum absolute atomic E-state index is 0.258. The van der Waals surface area contributed by atoms with E-state index >= 15 is 0 Å². The molecule has 0 aliphatic carbocycles. The van der Waals surface area contributed by atoms with Crippen molar-refractivity contribution in [3.8, 4) is 0 Å². The highest BCUT2D eigenvalue weighted by molar-refractivity contribution is 4.77. The second-order valence-corrected chi connectivity index (χ2v) is 2.31. The molecule has 1 heterocycles. The number of aliphatic hydroxyl groups is 3. The third kappa shape index (κ3) is 1.62. The second kappa shape index (κ2) is 2.62. The average Bonchev–Trinajstić information content (AvgIpc) is 1.80. The van der Waals surface area contributed by atoms with Gasteiger partial charge in [0.1, 0.15) is 6.23 Å². The summed E-state index contributed by atoms with van der Waals surface area (Å²) in [5.41, 5.74) is 0. The van der Waals surface area contributed by atoms with E-state index in [0.717, 1.165) is 0 Å². The van der Waals surface area contributed by atoms with E-state index in [2.05, 4.69) is 5.32 Å². The molecule has 9 heavy (non-hydrogen) atoms. The topological polar surface area (TPSA) is 72.7 Å². The molecule has 54 valence electrons. The van der Waals surface area contributed by atoms with Crippen LogP contribution < -0.4 is 5.32 Å². The molecule has 0 amide bonds. The molecule has 4 nitrogen and oxygen atoms in total. The Morgan fingerprint density at radius 1 is 1.22 bits per heavy atom. The van der Waals surface area contributed by atoms with E-state index in [1.165, 1.54) is 0 Å². The summed E-state index contributed by atoms with van der Waals surface area (Å²) < 4.78 is 0. The van der Waals surface area contributed by atoms with Gasteiger partial charge in [-0.05, 0) is 0 Å². The lowest BCUT2D eigenvalue weighted by atomic mass is 10.1. The molecule has 0 spiro atoms. The molecule has 1 aliphatic rings. The van der Waals surface area contributed by atoms with Gasteiger partial charge in [-0.15, -0.1) is 0 Å². The highest BCUT2D eigenvalue weighted by Crippen LogP contribution is 2.05. The maximum absolute atomic E-state index is 8.88. The van der Waals surface area contributed by atoms with Crippen LogP contribution in [0.25, 0.3) is 0 Å². The van der Waals surface area contributed by atoms with Crippen molar-refractivity contribution in [3.05, 3.63) is 0 Å². The lowest BCUT2D eigenvalue weighted by Gasteiger charge is -2.27. The van der Waals surface area contributed by atoms with Crippen LogP contribution in [0, 0.1) is 0 Å². The predicted molar refractivity (Wildman–Crippen MR) is 30.6 cm³/mol. The summed E-state index contributed by atoms with van der Waals surface area (Å²) in [6.07, 6.45) is -1.96. The van der Waals surface area contributed by atoms with E-state index in [9.17, 15) is 0 Å². The summed E-state index contributed by atoms with van der Waals surface area (Å²) in [4.78, 5) is 0. The van der Waals surface area contributed by atoms with Gasteiger partial charge >= 0.3 is 0 Å². The van der Waals surface area contributed by atoms with Crippen molar-refractivity contribution < 1.29 is 15.3 Å². The fourth-order valence-electron chi connectivity index (χ4n) is 0.884. The van der Waals surface area contributed by atoms with E-state index < -0.39 is 18.4 Å². The van der Waals surface area contributed by atoms with Crippen molar-refractivity contribution in [3.63, 3.8) is 0 Å². The maximum Gasteiger partial charge on any atom is 0.131 e. The Morgan fingerprint density at radius 3 is 2.33 bits per heavy atom. The standard InChI is InChI=1S/C5H11NO3/c7-3-1-4(8)5(9)6-2-3/h3-9H,1-2H2. The SMILES string of the molecule is OC1CNC(O)C(O)C1. The molecule has 0 aromatic carbocycles. The van der Waals surface area contributed by atoms with Gasteiger partial charge in [-0.3, -0.25) is 5.32 Å². The van der Waals surface area contributed by atoms with Gasteiger partial charge in [0, 0.05) is 13.0 Å². The van der Waals surface area contributed by atoms with Crippen LogP contribution in [0.5, 0.6) is 0 Å². The Bertz CT molecular complexity index is 98.2. The van der Waals surface area contributed by atoms with Gasteiger partial charge in [0.2, 0.25) is 0 Å². The van der Waals surface area contributed by atoms with Gasteiger partial charge < -0.3 is 15.3 Å². The van der Waals surface area contributed by atoms with E-state index in [1.54, 1.807) is 0 Å². The minimum atomic E-state index is -0.867. The molecule has 4 heteroatoms. The van der Waals surface area contributed by atoms with Crippen LogP contribution in [0.15, 0.2) is 0 Å². The summed E-state index contributed by atoms with van der Waals surface area (Å²) in [5, 5.41) is 29.1. The van der Waals surface area contributed by atoms with Gasteiger partial charge in [-0.25, -0.2) is 0 Å². The predicted octanol–water partition coefficient (Wildman–Crippen LogP) is -1.98. The van der Waals surface area contributed by atoms with Gasteiger partial charge in [0.15, 0.2) is 0 Å². The number of nitrogens with one attached hydrogen (secondary N) is 1. The molecular formula is C5H11NO3. The smallest absolute Gasteiger partial charge is 0.131 e. The number of hydrogen-bond donors (Lipinski definition) is 4. The van der Waals surface area contributed by atoms with Crippen LogP contribution in [0.4, 0.5) is 0 Å². The largest absolute Gasteiger partial charge is 0.392 e. The molecule has 1 fully saturated rings. The molecule has 1 rings (SSSR count). The first-order chi connectivity index (χ1) is 4.20. The van der Waals surface area contributed by atoms with Crippen LogP contribution in [-0.4, -0.2) is 40.3 Å². The van der Waals surface area contributed by atoms with Crippen molar-refractivity contribution in [2.24, 2.45) is 0 Å². The van der Waals surface area contributed by atoms with Crippen molar-refractivity contribution in [1.82, 2.24) is 5.32 Å². The Kier molecular flexibility index (Phi) is 2.02. The van der Waals surface area contributed by atoms with Crippen molar-refractivity contribution in [1.29, 1.82) is 0 Å². The first kappa shape index (κ1) is 6.95. The number of β-amino-alcohol motifs (C(OH)–C–C–N with tert-alkyl or cyclic N) is 1. The fraction of sp³-hybridized carbons (Fsp3) is 1.00. The summed E-state index contributed by atoms with van der Waals surface area (Å²) in [6.45, 7) is 0.359. The molecule has 1 saturated heterocycles. The van der Waals surface area contributed by atoms with Gasteiger partial charge in [-0.1, -0.05) is 0 Å². The Labute approximate surface area is 53.1 Å². The monoisotopic (exact) mass is 133 g/mol. The van der Waals surface area contributed by atoms with E-state index in [0.29, 0.717) is 6.54 Å². The zero-order chi connectivity index (χ0) is 6.85. The van der Waals surface area contributed by atoms with E-state index in [-0.39, 0.29) is 6.42 Å². The highest BCUT2D eigenvalue weighted by Gasteiger charge is 2.24. The van der Waals surface area contributed by atoms with E-state index in [1.807, 2.05) is 0 Å². The third-order valence-electron chi connectivity index (χ3n) is 1.44. The molecule has 3 atom stereocenters. The normalized spacial score (nSPS) is 45.0. The van der Waals surface area contributed by atoms with E-state index in [4.69, 9.17) is 15.3 Å². The summed E-state index contributed by atoms with van der Waals surface area (Å²) >= 11 is 0. The lowest BCUT2D eigenvalue weighted by molar-refractivity contribution is -0.0592. The molecule has 0 bridgehead atoms. The van der Waals surface area contributed by atoms with Crippen LogP contribution in [0.2, 0.25) is 0 Å². The highest BCUT2D eigenvalue weighted by atomic mass is 16.3. The molecule has 3 unspecified atom stereocenters. The Hall–Kier alpha value is -0.160. The molecule has 0 aromatic heterocycles. The number of hydrogen-bond acceptors (Lipinski definition) is 4. The average molecular weight is 133 g/mol. The minimum Gasteiger partial charge on any atom is -0.392 e. The van der Waals surface area contributed by atoms with Crippen molar-refractivity contribution >= 4 is 0 Å². The number of piperidine rings is 1. The Morgan fingerprint density at radius 2 is 1.89 bits per heavy atom. The summed E-state index contributed by atoms with van der Waals surface area (Å²) in [6, 6.07) is 0. The molecule has 0 saturated carbocycles. The van der Waals surface area contributed by atoms with Gasteiger partial charge in [0.05, 0.1) is 12.2 Å². The summed E-state index contributed by atoms with van der Waals surface area (Å²) in [7, 11) is 0. The second-order valence-electron chi connectivity index (χ2n) is 2.31. The zero-order valence-corrected chi connectivity index (χ0v) is 4.99. The fourth-order valence-corrected chi connectivity index (χ4v) is 0.884. The lowest BCUT2D eigenvalue weighted by Crippen LogP contribution is -2.50. The van der Waals surface area contributed by atoms with Gasteiger partial charge in [0.25, 0.3) is 0 Å². The Balaban J connectivity index is 2.35. The van der Waals surface area contributed by atoms with Crippen LogP contribution >= 0.6 is 0 Å². The molecule has 0 aromatic rings. The molecule has 4 N–H and O–H groups in total. The quantitative estimate of drug-likeness (QED) is 0.309. The number of rotatable bonds is 0. The zero-order valence-electron chi connectivity index (χ0n) is 4.99. The van der Waals surface area contributed by atoms with Crippen molar-refractivity contribution in [2.75, 3.05) is 6.54 Å². The summed E-state index contributed by atoms with van der Waals surface area (Å²) in [5.74, 6) is 0. The molecule has 1 aliphatic heterocycles. The van der Waals surface area contributed by atoms with Crippen LogP contribution in [-0.2, 0) is 0 Å². The van der Waals surface area contributed by atoms with Crippen LogP contribution in [0.1, 0.15) is 6.42 Å². The molecular weight excluding hydrogens is 122 g/mol. The number of aliphatic hydroxyl groups excluding tert-OH is 3. The van der Waals surface area contributed by atoms with Crippen molar-refractivity contribution in [2.45, 2.75) is 24.9 Å². The van der Waals surface area contributed by atoms with Gasteiger partial charge in [-0.2, -0.15) is 0 Å². The molecule has 0 radical (unpaired) electrons. The maximum atomic E-state index is 8.88. The first-order valence-corrected chi connectivity index (χ1v) is 2.97.